The first-order chi connectivity index (χ1) is 13.8. The number of nitrogens with one attached hydrogen (secondary N) is 1. The number of rotatable bonds is 3. The molecule has 0 atom stereocenters. The number of aromatic hydroxyl groups is 1. The van der Waals surface area contributed by atoms with E-state index in [1.54, 1.807) is 6.21 Å². The van der Waals surface area contributed by atoms with Crippen LogP contribution < -0.4 is 4.90 Å². The van der Waals surface area contributed by atoms with Crippen LogP contribution in [0, 0.1) is 0 Å². The highest BCUT2D eigenvalue weighted by molar-refractivity contribution is 6.21. The number of allylic oxidation sites excluding steroid dienone is 1. The summed E-state index contributed by atoms with van der Waals surface area (Å²) in [5.41, 5.74) is 4.50. The molecule has 0 saturated carbocycles. The molecule has 1 saturated heterocycles. The zero-order valence-corrected chi connectivity index (χ0v) is 15.2. The number of aliphatic imine (C=N–C) groups is 1. The summed E-state index contributed by atoms with van der Waals surface area (Å²) in [6.45, 7) is 2.81. The van der Waals surface area contributed by atoms with Crippen molar-refractivity contribution in [2.75, 3.05) is 31.2 Å². The van der Waals surface area contributed by atoms with Gasteiger partial charge in [-0.25, -0.2) is 9.98 Å². The molecule has 1 aromatic carbocycles. The van der Waals surface area contributed by atoms with Crippen LogP contribution in [0.15, 0.2) is 47.6 Å². The second-order valence-electron chi connectivity index (χ2n) is 6.72. The Kier molecular flexibility index (Phi) is 4.14. The van der Waals surface area contributed by atoms with Gasteiger partial charge in [-0.3, -0.25) is 0 Å². The van der Waals surface area contributed by atoms with Gasteiger partial charge < -0.3 is 19.7 Å². The van der Waals surface area contributed by atoms with Crippen molar-refractivity contribution in [1.82, 2.24) is 15.0 Å². The van der Waals surface area contributed by atoms with Gasteiger partial charge in [0.1, 0.15) is 5.69 Å². The number of imidazole rings is 1. The summed E-state index contributed by atoms with van der Waals surface area (Å²) in [6, 6.07) is 12.2. The van der Waals surface area contributed by atoms with Gasteiger partial charge in [0.15, 0.2) is 5.82 Å². The van der Waals surface area contributed by atoms with E-state index in [0.29, 0.717) is 30.7 Å². The summed E-state index contributed by atoms with van der Waals surface area (Å²) >= 11 is 0. The highest BCUT2D eigenvalue weighted by Gasteiger charge is 2.19. The summed E-state index contributed by atoms with van der Waals surface area (Å²) in [7, 11) is 0. The Morgan fingerprint density at radius 2 is 1.93 bits per heavy atom. The van der Waals surface area contributed by atoms with E-state index in [9.17, 15) is 5.11 Å². The van der Waals surface area contributed by atoms with E-state index in [1.165, 1.54) is 0 Å². The third kappa shape index (κ3) is 3.05. The highest BCUT2D eigenvalue weighted by Crippen LogP contribution is 2.35. The molecule has 0 spiro atoms. The molecule has 2 aliphatic rings. The lowest BCUT2D eigenvalue weighted by molar-refractivity contribution is 0.122. The number of benzene rings is 1. The van der Waals surface area contributed by atoms with Crippen molar-refractivity contribution in [3.63, 3.8) is 0 Å². The predicted molar refractivity (Wildman–Crippen MR) is 109 cm³/mol. The number of hydrogen-bond acceptors (Lipinski definition) is 6. The Labute approximate surface area is 162 Å². The van der Waals surface area contributed by atoms with Gasteiger partial charge in [0, 0.05) is 42.2 Å². The van der Waals surface area contributed by atoms with Gasteiger partial charge in [-0.05, 0) is 17.7 Å². The maximum absolute atomic E-state index is 10.3. The Morgan fingerprint density at radius 3 is 2.75 bits per heavy atom. The summed E-state index contributed by atoms with van der Waals surface area (Å²) in [4.78, 5) is 18.4. The molecule has 2 N–H and O–H groups in total. The monoisotopic (exact) mass is 373 g/mol. The molecule has 4 heterocycles. The number of anilines is 1. The largest absolute Gasteiger partial charge is 0.492 e. The van der Waals surface area contributed by atoms with E-state index >= 15 is 0 Å². The summed E-state index contributed by atoms with van der Waals surface area (Å²) < 4.78 is 5.37. The molecule has 7 nitrogen and oxygen atoms in total. The number of fused-ring (bicyclic) bond motifs is 1. The summed E-state index contributed by atoms with van der Waals surface area (Å²) in [6.07, 6.45) is 5.46. The lowest BCUT2D eigenvalue weighted by Crippen LogP contribution is -2.36. The van der Waals surface area contributed by atoms with Gasteiger partial charge >= 0.3 is 0 Å². The molecule has 2 aromatic heterocycles. The van der Waals surface area contributed by atoms with E-state index in [0.717, 1.165) is 35.4 Å². The molecule has 1 fully saturated rings. The molecule has 28 heavy (non-hydrogen) atoms. The molecule has 0 bridgehead atoms. The average molecular weight is 373 g/mol. The smallest absolute Gasteiger partial charge is 0.238 e. The topological polar surface area (TPSA) is 86.6 Å². The minimum Gasteiger partial charge on any atom is -0.492 e. The Hall–Kier alpha value is -3.45. The first kappa shape index (κ1) is 16.7. The fourth-order valence-electron chi connectivity index (χ4n) is 3.42. The van der Waals surface area contributed by atoms with Crippen molar-refractivity contribution in [2.45, 2.75) is 0 Å². The van der Waals surface area contributed by atoms with Gasteiger partial charge in [-0.15, -0.1) is 0 Å². The number of pyridine rings is 1. The summed E-state index contributed by atoms with van der Waals surface area (Å²) in [5, 5.41) is 10.3. The number of ether oxygens (including phenoxy) is 1. The molecule has 3 aromatic rings. The van der Waals surface area contributed by atoms with Crippen LogP contribution in [-0.2, 0) is 4.74 Å². The first-order valence-electron chi connectivity index (χ1n) is 9.21. The van der Waals surface area contributed by atoms with Crippen LogP contribution in [-0.4, -0.2) is 52.6 Å². The lowest BCUT2D eigenvalue weighted by atomic mass is 10.0. The van der Waals surface area contributed by atoms with E-state index < -0.39 is 0 Å². The predicted octanol–water partition coefficient (Wildman–Crippen LogP) is 3.27. The molecule has 2 aliphatic heterocycles. The second kappa shape index (κ2) is 6.94. The van der Waals surface area contributed by atoms with Crippen LogP contribution in [0.4, 0.5) is 11.8 Å². The minimum absolute atomic E-state index is 0.0250. The second-order valence-corrected chi connectivity index (χ2v) is 6.72. The van der Waals surface area contributed by atoms with Crippen LogP contribution in [0.5, 0.6) is 5.88 Å². The van der Waals surface area contributed by atoms with Crippen molar-refractivity contribution in [3.8, 4) is 17.0 Å². The third-order valence-corrected chi connectivity index (χ3v) is 4.92. The number of morpholine rings is 1. The molecule has 140 valence electrons. The van der Waals surface area contributed by atoms with Gasteiger partial charge in [0.2, 0.25) is 11.8 Å². The first-order valence-corrected chi connectivity index (χ1v) is 9.21. The molecule has 5 rings (SSSR count). The van der Waals surface area contributed by atoms with Gasteiger partial charge in [0.05, 0.1) is 13.2 Å². The van der Waals surface area contributed by atoms with Gasteiger partial charge in [-0.2, -0.15) is 4.98 Å². The van der Waals surface area contributed by atoms with Crippen LogP contribution >= 0.6 is 0 Å². The maximum atomic E-state index is 10.3. The fraction of sp³-hybridized carbons (Fsp3) is 0.190. The van der Waals surface area contributed by atoms with Crippen molar-refractivity contribution < 1.29 is 9.84 Å². The van der Waals surface area contributed by atoms with Crippen LogP contribution in [0.2, 0.25) is 0 Å². The standard InChI is InChI=1S/C21H19N5O2/c27-20-18(24-21(25-20)26-6-8-28-9-7-26)11-16-13-23-19-17(16)10-15(12-22-19)14-4-2-1-3-5-14/h1-5,10-13,27H,6-9H2,(H,24,25). The average Bonchev–Trinajstić information content (AvgIpc) is 3.33. The van der Waals surface area contributed by atoms with E-state index in [2.05, 4.69) is 43.0 Å². The lowest BCUT2D eigenvalue weighted by Gasteiger charge is -2.25. The number of hydrogen-bond donors (Lipinski definition) is 2. The number of H-pyrrole nitrogens is 1. The van der Waals surface area contributed by atoms with Gasteiger partial charge in [-0.1, -0.05) is 30.3 Å². The molecular weight excluding hydrogens is 354 g/mol. The Balaban J connectivity index is 1.48. The zero-order valence-electron chi connectivity index (χ0n) is 15.2. The maximum Gasteiger partial charge on any atom is 0.238 e. The van der Waals surface area contributed by atoms with E-state index in [-0.39, 0.29) is 5.88 Å². The number of aromatic nitrogens is 3. The molecule has 0 amide bonds. The van der Waals surface area contributed by atoms with Crippen LogP contribution in [0.25, 0.3) is 22.8 Å². The van der Waals surface area contributed by atoms with E-state index in [4.69, 9.17) is 4.74 Å². The summed E-state index contributed by atoms with van der Waals surface area (Å²) in [5.74, 6) is 1.31. The van der Waals surface area contributed by atoms with Crippen molar-refractivity contribution >= 4 is 29.6 Å². The third-order valence-electron chi connectivity index (χ3n) is 4.92. The normalized spacial score (nSPS) is 17.3. The minimum atomic E-state index is -0.0250. The fourth-order valence-corrected chi connectivity index (χ4v) is 3.42. The van der Waals surface area contributed by atoms with Crippen molar-refractivity contribution in [3.05, 3.63) is 53.9 Å². The Bertz CT molecular complexity index is 1070. The Morgan fingerprint density at radius 1 is 1.11 bits per heavy atom. The van der Waals surface area contributed by atoms with Gasteiger partial charge in [0.25, 0.3) is 0 Å². The quantitative estimate of drug-likeness (QED) is 0.736. The van der Waals surface area contributed by atoms with E-state index in [1.807, 2.05) is 30.5 Å². The molecule has 0 aliphatic carbocycles. The SMILES string of the molecule is Oc1nc(N2CCOCC2)[nH]c1C=C1C=Nc2ncc(-c3ccccc3)cc21. The number of nitrogens with zero attached hydrogens (tertiary/aromatic N) is 4. The van der Waals surface area contributed by atoms with Crippen molar-refractivity contribution in [2.24, 2.45) is 4.99 Å². The molecule has 7 heteroatoms. The molecule has 0 unspecified atom stereocenters. The molecule has 0 radical (unpaired) electrons. The molecular formula is C21H19N5O2. The van der Waals surface area contributed by atoms with Crippen molar-refractivity contribution in [1.29, 1.82) is 0 Å². The zero-order chi connectivity index (χ0) is 18.9. The highest BCUT2D eigenvalue weighted by atomic mass is 16.5. The van der Waals surface area contributed by atoms with Crippen LogP contribution in [0.1, 0.15) is 11.3 Å². The van der Waals surface area contributed by atoms with Crippen LogP contribution in [0.3, 0.4) is 0 Å². The number of aromatic amines is 1.